The predicted octanol–water partition coefficient (Wildman–Crippen LogP) is 2.33. The summed E-state index contributed by atoms with van der Waals surface area (Å²) in [7, 11) is 0. The summed E-state index contributed by atoms with van der Waals surface area (Å²) in [4.78, 5) is 29.2. The van der Waals surface area contributed by atoms with Crippen molar-refractivity contribution in [3.8, 4) is 11.4 Å². The Balaban J connectivity index is 1.23. The van der Waals surface area contributed by atoms with Crippen LogP contribution in [0, 0.1) is 0 Å². The summed E-state index contributed by atoms with van der Waals surface area (Å²) >= 11 is 5.98. The van der Waals surface area contributed by atoms with E-state index in [0.717, 1.165) is 18.7 Å². The second-order valence-corrected chi connectivity index (χ2v) is 6.96. The van der Waals surface area contributed by atoms with Gasteiger partial charge in [-0.3, -0.25) is 4.79 Å². The first kappa shape index (κ1) is 19.1. The highest BCUT2D eigenvalue weighted by Crippen LogP contribution is 2.21. The normalized spacial score (nSPS) is 14.1. The molecule has 3 heterocycles. The molecule has 150 valence electrons. The van der Waals surface area contributed by atoms with Crippen molar-refractivity contribution in [3.63, 3.8) is 0 Å². The van der Waals surface area contributed by atoms with Crippen LogP contribution in [0.5, 0.6) is 0 Å². The number of carbonyl (C=O) groups excluding carboxylic acids is 1. The fourth-order valence-corrected chi connectivity index (χ4v) is 3.28. The molecule has 9 nitrogen and oxygen atoms in total. The number of nitrogens with one attached hydrogen (secondary N) is 1. The Morgan fingerprint density at radius 2 is 1.93 bits per heavy atom. The van der Waals surface area contributed by atoms with E-state index in [1.807, 2.05) is 17.0 Å². The van der Waals surface area contributed by atoms with Crippen molar-refractivity contribution in [3.05, 3.63) is 47.7 Å². The number of amides is 1. The number of hydrogen-bond donors (Lipinski definition) is 1. The van der Waals surface area contributed by atoms with Gasteiger partial charge in [0.2, 0.25) is 17.7 Å². The number of halogens is 1. The van der Waals surface area contributed by atoms with Gasteiger partial charge in [0.1, 0.15) is 0 Å². The van der Waals surface area contributed by atoms with Crippen molar-refractivity contribution in [1.82, 2.24) is 25.0 Å². The van der Waals surface area contributed by atoms with Crippen molar-refractivity contribution in [1.29, 1.82) is 0 Å². The van der Waals surface area contributed by atoms with Crippen LogP contribution in [0.4, 0.5) is 12.0 Å². The minimum absolute atomic E-state index is 0.0840. The average Bonchev–Trinajstić information content (AvgIpc) is 3.23. The molecular weight excluding hydrogens is 394 g/mol. The molecule has 0 bridgehead atoms. The summed E-state index contributed by atoms with van der Waals surface area (Å²) in [5.74, 6) is 1.23. The molecule has 1 aliphatic rings. The number of hydrogen-bond acceptors (Lipinski definition) is 8. The van der Waals surface area contributed by atoms with Gasteiger partial charge in [-0.1, -0.05) is 28.9 Å². The molecule has 1 aromatic carbocycles. The van der Waals surface area contributed by atoms with Gasteiger partial charge >= 0.3 is 6.01 Å². The van der Waals surface area contributed by atoms with E-state index in [2.05, 4.69) is 30.3 Å². The number of rotatable bonds is 6. The van der Waals surface area contributed by atoms with Crippen molar-refractivity contribution >= 4 is 29.5 Å². The third-order valence-electron chi connectivity index (χ3n) is 4.59. The van der Waals surface area contributed by atoms with Gasteiger partial charge < -0.3 is 19.6 Å². The van der Waals surface area contributed by atoms with E-state index in [-0.39, 0.29) is 11.9 Å². The number of aromatic nitrogens is 4. The lowest BCUT2D eigenvalue weighted by Crippen LogP contribution is -2.49. The van der Waals surface area contributed by atoms with Crippen LogP contribution in [0.25, 0.3) is 11.4 Å². The van der Waals surface area contributed by atoms with E-state index >= 15 is 0 Å². The van der Waals surface area contributed by atoms with Gasteiger partial charge in [0.25, 0.3) is 0 Å². The zero-order valence-electron chi connectivity index (χ0n) is 15.7. The number of carbonyl (C=O) groups is 1. The van der Waals surface area contributed by atoms with Crippen LogP contribution in [0.15, 0.2) is 47.2 Å². The molecular formula is C19H20ClN7O2. The van der Waals surface area contributed by atoms with E-state index in [9.17, 15) is 4.79 Å². The quantitative estimate of drug-likeness (QED) is 0.657. The van der Waals surface area contributed by atoms with Gasteiger partial charge in [-0.15, -0.1) is 0 Å². The van der Waals surface area contributed by atoms with Crippen molar-refractivity contribution in [2.75, 3.05) is 42.9 Å². The lowest BCUT2D eigenvalue weighted by atomic mass is 10.2. The summed E-state index contributed by atoms with van der Waals surface area (Å²) in [5.41, 5.74) is 0.769. The molecule has 1 N–H and O–H groups in total. The Morgan fingerprint density at radius 1 is 1.14 bits per heavy atom. The minimum atomic E-state index is 0.0840. The fraction of sp³-hybridized carbons (Fsp3) is 0.316. The average molecular weight is 414 g/mol. The number of anilines is 2. The third kappa shape index (κ3) is 4.80. The van der Waals surface area contributed by atoms with Crippen LogP contribution in [0.1, 0.15) is 6.42 Å². The highest BCUT2D eigenvalue weighted by molar-refractivity contribution is 6.30. The van der Waals surface area contributed by atoms with Crippen LogP contribution < -0.4 is 10.2 Å². The highest BCUT2D eigenvalue weighted by Gasteiger charge is 2.22. The molecule has 10 heteroatoms. The number of nitrogens with zero attached hydrogens (tertiary/aromatic N) is 6. The number of benzene rings is 1. The van der Waals surface area contributed by atoms with E-state index in [1.165, 1.54) is 0 Å². The second-order valence-electron chi connectivity index (χ2n) is 6.53. The Kier molecular flexibility index (Phi) is 5.85. The summed E-state index contributed by atoms with van der Waals surface area (Å²) in [6, 6.07) is 9.28. The van der Waals surface area contributed by atoms with Crippen molar-refractivity contribution < 1.29 is 9.32 Å². The summed E-state index contributed by atoms with van der Waals surface area (Å²) < 4.78 is 5.19. The van der Waals surface area contributed by atoms with Gasteiger partial charge in [0, 0.05) is 62.1 Å². The molecule has 1 amide bonds. The summed E-state index contributed by atoms with van der Waals surface area (Å²) in [5, 5.41) is 7.54. The Labute approximate surface area is 172 Å². The fourth-order valence-electron chi connectivity index (χ4n) is 3.08. The SMILES string of the molecule is O=C(CCNc1nc(-c2cccc(Cl)c2)no1)N1CCN(c2ncccn2)CC1. The molecule has 1 aliphatic heterocycles. The summed E-state index contributed by atoms with van der Waals surface area (Å²) in [6.07, 6.45) is 3.79. The summed E-state index contributed by atoms with van der Waals surface area (Å²) in [6.45, 7) is 3.15. The van der Waals surface area contributed by atoms with Gasteiger partial charge in [0.05, 0.1) is 0 Å². The molecule has 1 saturated heterocycles. The predicted molar refractivity (Wildman–Crippen MR) is 109 cm³/mol. The molecule has 0 atom stereocenters. The van der Waals surface area contributed by atoms with Crippen molar-refractivity contribution in [2.45, 2.75) is 6.42 Å². The highest BCUT2D eigenvalue weighted by atomic mass is 35.5. The molecule has 0 aliphatic carbocycles. The Bertz CT molecular complexity index is 958. The van der Waals surface area contributed by atoms with Gasteiger partial charge in [-0.2, -0.15) is 4.98 Å². The first-order valence-corrected chi connectivity index (χ1v) is 9.70. The topological polar surface area (TPSA) is 100 Å². The maximum atomic E-state index is 12.5. The monoisotopic (exact) mass is 413 g/mol. The maximum Gasteiger partial charge on any atom is 0.321 e. The van der Waals surface area contributed by atoms with E-state index in [0.29, 0.717) is 42.9 Å². The molecule has 0 radical (unpaired) electrons. The second kappa shape index (κ2) is 8.87. The van der Waals surface area contributed by atoms with Gasteiger partial charge in [-0.25, -0.2) is 9.97 Å². The van der Waals surface area contributed by atoms with Gasteiger partial charge in [-0.05, 0) is 18.2 Å². The minimum Gasteiger partial charge on any atom is -0.339 e. The maximum absolute atomic E-state index is 12.5. The molecule has 1 fully saturated rings. The van der Waals surface area contributed by atoms with E-state index < -0.39 is 0 Å². The Hall–Kier alpha value is -3.20. The molecule has 0 spiro atoms. The smallest absolute Gasteiger partial charge is 0.321 e. The van der Waals surface area contributed by atoms with Crippen LogP contribution in [0.2, 0.25) is 5.02 Å². The zero-order valence-corrected chi connectivity index (χ0v) is 16.4. The Morgan fingerprint density at radius 3 is 2.69 bits per heavy atom. The van der Waals surface area contributed by atoms with E-state index in [1.54, 1.807) is 30.6 Å². The lowest BCUT2D eigenvalue weighted by molar-refractivity contribution is -0.131. The number of piperazine rings is 1. The third-order valence-corrected chi connectivity index (χ3v) is 4.83. The zero-order chi connectivity index (χ0) is 20.1. The van der Waals surface area contributed by atoms with Crippen LogP contribution in [0.3, 0.4) is 0 Å². The molecule has 0 unspecified atom stereocenters. The lowest BCUT2D eigenvalue weighted by Gasteiger charge is -2.34. The van der Waals surface area contributed by atoms with Crippen LogP contribution in [-0.4, -0.2) is 63.6 Å². The standard InChI is InChI=1S/C19H20ClN7O2/c20-15-4-1-3-14(13-15)17-24-19(29-25-17)23-8-5-16(28)26-9-11-27(12-10-26)18-21-6-2-7-22-18/h1-4,6-7,13H,5,8-12H2,(H,23,24,25). The first-order valence-electron chi connectivity index (χ1n) is 9.32. The van der Waals surface area contributed by atoms with E-state index in [4.69, 9.17) is 16.1 Å². The molecule has 2 aromatic heterocycles. The van der Waals surface area contributed by atoms with Crippen molar-refractivity contribution in [2.24, 2.45) is 0 Å². The molecule has 29 heavy (non-hydrogen) atoms. The van der Waals surface area contributed by atoms with Gasteiger partial charge in [0.15, 0.2) is 0 Å². The van der Waals surface area contributed by atoms with Crippen LogP contribution in [-0.2, 0) is 4.79 Å². The molecule has 0 saturated carbocycles. The molecule has 3 aromatic rings. The van der Waals surface area contributed by atoms with Crippen LogP contribution >= 0.6 is 11.6 Å². The largest absolute Gasteiger partial charge is 0.339 e. The first-order chi connectivity index (χ1) is 14.2. The molecule has 4 rings (SSSR count).